The predicted molar refractivity (Wildman–Crippen MR) is 75.9 cm³/mol. The Morgan fingerprint density at radius 1 is 0.778 bits per heavy atom. The van der Waals surface area contributed by atoms with Crippen LogP contribution in [0.1, 0.15) is 36.5 Å². The topological polar surface area (TPSA) is 0 Å². The SMILES string of the molecule is CC(C)c1ccc(/C=C/c2ccc(F)cc2)cc1. The van der Waals surface area contributed by atoms with E-state index in [1.165, 1.54) is 17.7 Å². The average molecular weight is 240 g/mol. The Bertz CT molecular complexity index is 519. The fourth-order valence-corrected chi connectivity index (χ4v) is 1.76. The van der Waals surface area contributed by atoms with E-state index in [1.807, 2.05) is 12.2 Å². The highest BCUT2D eigenvalue weighted by atomic mass is 19.1. The van der Waals surface area contributed by atoms with Gasteiger partial charge in [0.15, 0.2) is 0 Å². The first-order valence-electron chi connectivity index (χ1n) is 6.19. The van der Waals surface area contributed by atoms with Crippen LogP contribution in [0.25, 0.3) is 12.2 Å². The molecule has 0 nitrogen and oxygen atoms in total. The maximum atomic E-state index is 12.7. The van der Waals surface area contributed by atoms with Gasteiger partial charge in [0.1, 0.15) is 5.82 Å². The number of halogens is 1. The molecule has 18 heavy (non-hydrogen) atoms. The highest BCUT2D eigenvalue weighted by Crippen LogP contribution is 2.16. The van der Waals surface area contributed by atoms with Gasteiger partial charge in [-0.15, -0.1) is 0 Å². The molecule has 0 N–H and O–H groups in total. The van der Waals surface area contributed by atoms with E-state index in [1.54, 1.807) is 12.1 Å². The molecular weight excluding hydrogens is 223 g/mol. The van der Waals surface area contributed by atoms with Crippen LogP contribution in [-0.2, 0) is 0 Å². The van der Waals surface area contributed by atoms with Gasteiger partial charge in [-0.3, -0.25) is 0 Å². The van der Waals surface area contributed by atoms with E-state index in [0.717, 1.165) is 11.1 Å². The third-order valence-electron chi connectivity index (χ3n) is 2.94. The maximum Gasteiger partial charge on any atom is 0.123 e. The third-order valence-corrected chi connectivity index (χ3v) is 2.94. The zero-order valence-corrected chi connectivity index (χ0v) is 10.7. The largest absolute Gasteiger partial charge is 0.207 e. The minimum Gasteiger partial charge on any atom is -0.207 e. The Balaban J connectivity index is 2.11. The molecule has 0 aliphatic heterocycles. The van der Waals surface area contributed by atoms with E-state index >= 15 is 0 Å². The smallest absolute Gasteiger partial charge is 0.123 e. The van der Waals surface area contributed by atoms with E-state index in [2.05, 4.69) is 38.1 Å². The zero-order chi connectivity index (χ0) is 13.0. The van der Waals surface area contributed by atoms with Crippen molar-refractivity contribution in [3.05, 3.63) is 71.0 Å². The monoisotopic (exact) mass is 240 g/mol. The van der Waals surface area contributed by atoms with Gasteiger partial charge >= 0.3 is 0 Å². The summed E-state index contributed by atoms with van der Waals surface area (Å²) in [7, 11) is 0. The number of hydrogen-bond donors (Lipinski definition) is 0. The number of benzene rings is 2. The zero-order valence-electron chi connectivity index (χ0n) is 10.7. The summed E-state index contributed by atoms with van der Waals surface area (Å²) in [5.41, 5.74) is 3.50. The minimum atomic E-state index is -0.201. The number of hydrogen-bond acceptors (Lipinski definition) is 0. The van der Waals surface area contributed by atoms with Crippen molar-refractivity contribution < 1.29 is 4.39 Å². The lowest BCUT2D eigenvalue weighted by Crippen LogP contribution is -1.85. The molecule has 0 radical (unpaired) electrons. The van der Waals surface area contributed by atoms with Crippen molar-refractivity contribution >= 4 is 12.2 Å². The van der Waals surface area contributed by atoms with Crippen LogP contribution in [-0.4, -0.2) is 0 Å². The van der Waals surface area contributed by atoms with E-state index in [9.17, 15) is 4.39 Å². The maximum absolute atomic E-state index is 12.7. The quantitative estimate of drug-likeness (QED) is 0.653. The summed E-state index contributed by atoms with van der Waals surface area (Å²) in [6.07, 6.45) is 4.03. The molecule has 0 heterocycles. The lowest BCUT2D eigenvalue weighted by atomic mass is 10.0. The van der Waals surface area contributed by atoms with Crippen molar-refractivity contribution in [1.29, 1.82) is 0 Å². The van der Waals surface area contributed by atoms with Gasteiger partial charge in [-0.2, -0.15) is 0 Å². The summed E-state index contributed by atoms with van der Waals surface area (Å²) in [6.45, 7) is 4.37. The standard InChI is InChI=1S/C17H17F/c1-13(2)16-9-5-14(6-10-16)3-4-15-7-11-17(18)12-8-15/h3-13H,1-2H3/b4-3+. The van der Waals surface area contributed by atoms with Gasteiger partial charge in [0.2, 0.25) is 0 Å². The Morgan fingerprint density at radius 3 is 1.67 bits per heavy atom. The van der Waals surface area contributed by atoms with Crippen molar-refractivity contribution in [2.75, 3.05) is 0 Å². The fraction of sp³-hybridized carbons (Fsp3) is 0.176. The molecule has 0 aromatic heterocycles. The number of rotatable bonds is 3. The van der Waals surface area contributed by atoms with Gasteiger partial charge in [-0.25, -0.2) is 4.39 Å². The van der Waals surface area contributed by atoms with Crippen LogP contribution >= 0.6 is 0 Å². The Morgan fingerprint density at radius 2 is 1.22 bits per heavy atom. The van der Waals surface area contributed by atoms with Crippen LogP contribution in [0, 0.1) is 5.82 Å². The first kappa shape index (κ1) is 12.6. The van der Waals surface area contributed by atoms with Crippen LogP contribution in [0.3, 0.4) is 0 Å². The molecule has 2 aromatic rings. The molecule has 0 aliphatic carbocycles. The predicted octanol–water partition coefficient (Wildman–Crippen LogP) is 5.12. The molecule has 0 saturated carbocycles. The van der Waals surface area contributed by atoms with Crippen molar-refractivity contribution in [1.82, 2.24) is 0 Å². The molecule has 0 atom stereocenters. The first-order chi connectivity index (χ1) is 8.65. The van der Waals surface area contributed by atoms with Crippen molar-refractivity contribution in [3.8, 4) is 0 Å². The summed E-state index contributed by atoms with van der Waals surface area (Å²) < 4.78 is 12.7. The molecule has 0 fully saturated rings. The molecule has 0 amide bonds. The van der Waals surface area contributed by atoms with Gasteiger partial charge < -0.3 is 0 Å². The van der Waals surface area contributed by atoms with Gasteiger partial charge in [0, 0.05) is 0 Å². The highest BCUT2D eigenvalue weighted by Gasteiger charge is 1.97. The summed E-state index contributed by atoms with van der Waals surface area (Å²) in [5, 5.41) is 0. The molecule has 2 aromatic carbocycles. The molecule has 2 rings (SSSR count). The van der Waals surface area contributed by atoms with Crippen LogP contribution in [0.2, 0.25) is 0 Å². The fourth-order valence-electron chi connectivity index (χ4n) is 1.76. The van der Waals surface area contributed by atoms with Crippen LogP contribution < -0.4 is 0 Å². The normalized spacial score (nSPS) is 11.3. The van der Waals surface area contributed by atoms with Gasteiger partial charge in [0.05, 0.1) is 0 Å². The second-order valence-electron chi connectivity index (χ2n) is 4.71. The van der Waals surface area contributed by atoms with E-state index in [-0.39, 0.29) is 5.82 Å². The molecule has 92 valence electrons. The average Bonchev–Trinajstić information content (AvgIpc) is 2.38. The van der Waals surface area contributed by atoms with Crippen molar-refractivity contribution in [2.45, 2.75) is 19.8 Å². The van der Waals surface area contributed by atoms with Crippen molar-refractivity contribution in [2.24, 2.45) is 0 Å². The second kappa shape index (κ2) is 5.63. The molecule has 0 unspecified atom stereocenters. The van der Waals surface area contributed by atoms with E-state index in [0.29, 0.717) is 5.92 Å². The Labute approximate surface area is 108 Å². The summed E-state index contributed by atoms with van der Waals surface area (Å²) in [5.74, 6) is 0.355. The Kier molecular flexibility index (Phi) is 3.93. The highest BCUT2D eigenvalue weighted by molar-refractivity contribution is 5.69. The van der Waals surface area contributed by atoms with Gasteiger partial charge in [-0.05, 0) is 34.7 Å². The molecule has 0 bridgehead atoms. The van der Waals surface area contributed by atoms with E-state index < -0.39 is 0 Å². The minimum absolute atomic E-state index is 0.201. The summed E-state index contributed by atoms with van der Waals surface area (Å²) >= 11 is 0. The molecule has 1 heteroatoms. The second-order valence-corrected chi connectivity index (χ2v) is 4.71. The Hall–Kier alpha value is -1.89. The van der Waals surface area contributed by atoms with Crippen LogP contribution in [0.15, 0.2) is 48.5 Å². The lowest BCUT2D eigenvalue weighted by molar-refractivity contribution is 0.628. The lowest BCUT2D eigenvalue weighted by Gasteiger charge is -2.04. The van der Waals surface area contributed by atoms with E-state index in [4.69, 9.17) is 0 Å². The third kappa shape index (κ3) is 3.30. The first-order valence-corrected chi connectivity index (χ1v) is 6.19. The van der Waals surface area contributed by atoms with Crippen LogP contribution in [0.5, 0.6) is 0 Å². The van der Waals surface area contributed by atoms with Crippen molar-refractivity contribution in [3.63, 3.8) is 0 Å². The molecule has 0 spiro atoms. The molecule has 0 saturated heterocycles. The molecule has 0 aliphatic rings. The van der Waals surface area contributed by atoms with Gasteiger partial charge in [-0.1, -0.05) is 62.4 Å². The summed E-state index contributed by atoms with van der Waals surface area (Å²) in [6, 6.07) is 15.0. The summed E-state index contributed by atoms with van der Waals surface area (Å²) in [4.78, 5) is 0. The van der Waals surface area contributed by atoms with Gasteiger partial charge in [0.25, 0.3) is 0 Å². The van der Waals surface area contributed by atoms with Crippen LogP contribution in [0.4, 0.5) is 4.39 Å². The molecular formula is C17H17F.